The molecule has 4 heteroatoms. The second-order valence-electron chi connectivity index (χ2n) is 6.07. The molecule has 0 atom stereocenters. The number of anilines is 2. The fraction of sp³-hybridized carbons (Fsp3) is 0.0435. The summed E-state index contributed by atoms with van der Waals surface area (Å²) in [6.07, 6.45) is 2.05. The zero-order chi connectivity index (χ0) is 19.1. The number of urea groups is 1. The van der Waals surface area contributed by atoms with E-state index < -0.39 is 0 Å². The molecule has 2 amide bonds. The second-order valence-corrected chi connectivity index (χ2v) is 6.07. The van der Waals surface area contributed by atoms with Gasteiger partial charge in [0.2, 0.25) is 0 Å². The maximum absolute atomic E-state index is 12.4. The number of amides is 2. The minimum absolute atomic E-state index is 0.0492. The largest absolute Gasteiger partial charge is 0.323 e. The van der Waals surface area contributed by atoms with E-state index in [0.29, 0.717) is 17.7 Å². The Labute approximate surface area is 158 Å². The summed E-state index contributed by atoms with van der Waals surface area (Å²) >= 11 is 0. The van der Waals surface area contributed by atoms with Crippen LogP contribution < -0.4 is 10.6 Å². The topological polar surface area (TPSA) is 58.2 Å². The van der Waals surface area contributed by atoms with E-state index >= 15 is 0 Å². The molecule has 0 bridgehead atoms. The number of ketones is 1. The van der Waals surface area contributed by atoms with Crippen molar-refractivity contribution in [3.63, 3.8) is 0 Å². The summed E-state index contributed by atoms with van der Waals surface area (Å²) in [7, 11) is 0. The van der Waals surface area contributed by atoms with Crippen LogP contribution in [0, 0.1) is 0 Å². The molecule has 0 aromatic heterocycles. The van der Waals surface area contributed by atoms with Crippen molar-refractivity contribution in [3.05, 3.63) is 102 Å². The molecular weight excluding hydrogens is 336 g/mol. The molecule has 3 rings (SSSR count). The average molecular weight is 356 g/mol. The van der Waals surface area contributed by atoms with E-state index in [0.717, 1.165) is 16.8 Å². The first kappa shape index (κ1) is 18.1. The third-order valence-corrected chi connectivity index (χ3v) is 4.08. The number of rotatable bonds is 6. The van der Waals surface area contributed by atoms with Crippen molar-refractivity contribution in [2.75, 3.05) is 10.6 Å². The molecule has 0 aliphatic heterocycles. The van der Waals surface area contributed by atoms with Gasteiger partial charge < -0.3 is 10.6 Å². The van der Waals surface area contributed by atoms with Gasteiger partial charge in [0.25, 0.3) is 0 Å². The summed E-state index contributed by atoms with van der Waals surface area (Å²) < 4.78 is 0. The van der Waals surface area contributed by atoms with Crippen molar-refractivity contribution >= 4 is 29.3 Å². The van der Waals surface area contributed by atoms with Crippen molar-refractivity contribution in [3.8, 4) is 0 Å². The van der Waals surface area contributed by atoms with E-state index in [1.807, 2.05) is 66.7 Å². The standard InChI is InChI=1S/C23H20N2O2/c1-2-17-8-12-19(13-9-17)22(26)16-18-10-14-21(15-11-18)25-23(27)24-20-6-4-3-5-7-20/h2-15H,1,16H2,(H2,24,25,27). The Morgan fingerprint density at radius 3 is 1.96 bits per heavy atom. The molecule has 0 unspecified atom stereocenters. The number of para-hydroxylation sites is 1. The molecule has 0 aliphatic rings. The van der Waals surface area contributed by atoms with Gasteiger partial charge in [0.05, 0.1) is 0 Å². The van der Waals surface area contributed by atoms with E-state index in [2.05, 4.69) is 17.2 Å². The number of Topliss-reactive ketones (excluding diaryl/α,β-unsaturated/α-hetero) is 1. The third-order valence-electron chi connectivity index (χ3n) is 4.08. The SMILES string of the molecule is C=Cc1ccc(C(=O)Cc2ccc(NC(=O)Nc3ccccc3)cc2)cc1. The van der Waals surface area contributed by atoms with Crippen LogP contribution in [0.5, 0.6) is 0 Å². The van der Waals surface area contributed by atoms with Crippen molar-refractivity contribution in [2.24, 2.45) is 0 Å². The minimum Gasteiger partial charge on any atom is -0.308 e. The van der Waals surface area contributed by atoms with Gasteiger partial charge in [0.1, 0.15) is 0 Å². The lowest BCUT2D eigenvalue weighted by molar-refractivity contribution is 0.0993. The fourth-order valence-corrected chi connectivity index (χ4v) is 2.61. The van der Waals surface area contributed by atoms with Gasteiger partial charge in [-0.25, -0.2) is 4.79 Å². The Bertz CT molecular complexity index is 930. The zero-order valence-electron chi connectivity index (χ0n) is 14.8. The molecule has 134 valence electrons. The van der Waals surface area contributed by atoms with E-state index in [1.54, 1.807) is 18.2 Å². The maximum Gasteiger partial charge on any atom is 0.323 e. The van der Waals surface area contributed by atoms with Gasteiger partial charge in [0.15, 0.2) is 5.78 Å². The summed E-state index contributed by atoms with van der Waals surface area (Å²) in [6.45, 7) is 3.71. The van der Waals surface area contributed by atoms with Gasteiger partial charge in [-0.2, -0.15) is 0 Å². The number of carbonyl (C=O) groups excluding carboxylic acids is 2. The van der Waals surface area contributed by atoms with Crippen LogP contribution in [0.25, 0.3) is 6.08 Å². The predicted molar refractivity (Wildman–Crippen MR) is 110 cm³/mol. The lowest BCUT2D eigenvalue weighted by Gasteiger charge is -2.08. The normalized spacial score (nSPS) is 10.1. The van der Waals surface area contributed by atoms with E-state index in [-0.39, 0.29) is 11.8 Å². The smallest absolute Gasteiger partial charge is 0.308 e. The van der Waals surface area contributed by atoms with Crippen molar-refractivity contribution in [1.82, 2.24) is 0 Å². The summed E-state index contributed by atoms with van der Waals surface area (Å²) in [5, 5.41) is 5.53. The fourth-order valence-electron chi connectivity index (χ4n) is 2.61. The van der Waals surface area contributed by atoms with Crippen LogP contribution in [0.15, 0.2) is 85.4 Å². The average Bonchev–Trinajstić information content (AvgIpc) is 2.70. The highest BCUT2D eigenvalue weighted by Gasteiger charge is 2.08. The van der Waals surface area contributed by atoms with Crippen LogP contribution in [0.3, 0.4) is 0 Å². The van der Waals surface area contributed by atoms with Gasteiger partial charge in [-0.3, -0.25) is 4.79 Å². The van der Waals surface area contributed by atoms with E-state index in [9.17, 15) is 9.59 Å². The van der Waals surface area contributed by atoms with Crippen LogP contribution in [0.4, 0.5) is 16.2 Å². The summed E-state index contributed by atoms with van der Waals surface area (Å²) in [4.78, 5) is 24.4. The van der Waals surface area contributed by atoms with Gasteiger partial charge in [0, 0.05) is 23.4 Å². The summed E-state index contributed by atoms with van der Waals surface area (Å²) in [6, 6.07) is 23.5. The molecule has 3 aromatic rings. The molecule has 27 heavy (non-hydrogen) atoms. The van der Waals surface area contributed by atoms with Crippen LogP contribution >= 0.6 is 0 Å². The van der Waals surface area contributed by atoms with Crippen molar-refractivity contribution < 1.29 is 9.59 Å². The first-order chi connectivity index (χ1) is 13.1. The molecular formula is C23H20N2O2. The molecule has 0 saturated carbocycles. The minimum atomic E-state index is -0.313. The number of hydrogen-bond acceptors (Lipinski definition) is 2. The number of carbonyl (C=O) groups is 2. The van der Waals surface area contributed by atoms with Gasteiger partial charge in [-0.15, -0.1) is 0 Å². The van der Waals surface area contributed by atoms with Crippen LogP contribution in [-0.2, 0) is 6.42 Å². The molecule has 2 N–H and O–H groups in total. The Morgan fingerprint density at radius 2 is 1.37 bits per heavy atom. The second kappa shape index (κ2) is 8.63. The van der Waals surface area contributed by atoms with Gasteiger partial charge in [-0.05, 0) is 35.4 Å². The quantitative estimate of drug-likeness (QED) is 0.581. The lowest BCUT2D eigenvalue weighted by atomic mass is 10.0. The molecule has 4 nitrogen and oxygen atoms in total. The third kappa shape index (κ3) is 5.16. The molecule has 0 saturated heterocycles. The molecule has 3 aromatic carbocycles. The highest BCUT2D eigenvalue weighted by molar-refractivity contribution is 6.00. The first-order valence-corrected chi connectivity index (χ1v) is 8.62. The Kier molecular flexibility index (Phi) is 5.80. The van der Waals surface area contributed by atoms with Gasteiger partial charge >= 0.3 is 6.03 Å². The molecule has 0 heterocycles. The molecule has 0 aliphatic carbocycles. The van der Waals surface area contributed by atoms with Crippen molar-refractivity contribution in [2.45, 2.75) is 6.42 Å². The van der Waals surface area contributed by atoms with Gasteiger partial charge in [-0.1, -0.05) is 67.3 Å². The summed E-state index contributed by atoms with van der Waals surface area (Å²) in [5.74, 6) is 0.0492. The van der Waals surface area contributed by atoms with Crippen LogP contribution in [0.1, 0.15) is 21.5 Å². The van der Waals surface area contributed by atoms with Crippen LogP contribution in [0.2, 0.25) is 0 Å². The molecule has 0 radical (unpaired) electrons. The highest BCUT2D eigenvalue weighted by atomic mass is 16.2. The van der Waals surface area contributed by atoms with E-state index in [4.69, 9.17) is 0 Å². The monoisotopic (exact) mass is 356 g/mol. The van der Waals surface area contributed by atoms with Crippen LogP contribution in [-0.4, -0.2) is 11.8 Å². The molecule has 0 spiro atoms. The van der Waals surface area contributed by atoms with E-state index in [1.165, 1.54) is 0 Å². The lowest BCUT2D eigenvalue weighted by Crippen LogP contribution is -2.19. The molecule has 0 fully saturated rings. The highest BCUT2D eigenvalue weighted by Crippen LogP contribution is 2.14. The zero-order valence-corrected chi connectivity index (χ0v) is 14.8. The Balaban J connectivity index is 1.57. The Hall–Kier alpha value is -3.66. The van der Waals surface area contributed by atoms with Crippen molar-refractivity contribution in [1.29, 1.82) is 0 Å². The number of benzene rings is 3. The first-order valence-electron chi connectivity index (χ1n) is 8.62. The number of nitrogens with one attached hydrogen (secondary N) is 2. The summed E-state index contributed by atoms with van der Waals surface area (Å²) in [5.41, 5.74) is 3.93. The maximum atomic E-state index is 12.4. The Morgan fingerprint density at radius 1 is 0.778 bits per heavy atom. The predicted octanol–water partition coefficient (Wildman–Crippen LogP) is 5.40. The number of hydrogen-bond donors (Lipinski definition) is 2.